The molecule has 41 heavy (non-hydrogen) atoms. The number of benzene rings is 4. The van der Waals surface area contributed by atoms with Crippen LogP contribution in [0.15, 0.2) is 97.3 Å². The van der Waals surface area contributed by atoms with Gasteiger partial charge in [-0.3, -0.25) is 5.01 Å². The van der Waals surface area contributed by atoms with Gasteiger partial charge in [0.1, 0.15) is 5.69 Å². The van der Waals surface area contributed by atoms with E-state index in [9.17, 15) is 9.59 Å². The fraction of sp³-hybridized carbons (Fsp3) is 0. The molecule has 0 spiro atoms. The first kappa shape index (κ1) is 25.3. The quantitative estimate of drug-likeness (QED) is 0.142. The third-order valence-electron chi connectivity index (χ3n) is 6.79. The second-order valence-corrected chi connectivity index (χ2v) is 9.39. The number of fused-ring (bicyclic) bond motifs is 3. The number of nitrogens with one attached hydrogen (secondary N) is 1. The molecule has 0 unspecified atom stereocenters. The second kappa shape index (κ2) is 9.98. The molecule has 0 bridgehead atoms. The number of hydrogen-bond donors (Lipinski definition) is 5. The molecule has 4 aromatic carbocycles. The number of carbonyl (C=O) groups is 2. The van der Waals surface area contributed by atoms with Crippen molar-refractivity contribution in [3.63, 3.8) is 0 Å². The molecule has 11 nitrogen and oxygen atoms in total. The maximum atomic E-state index is 11.1. The zero-order valence-electron chi connectivity index (χ0n) is 21.4. The Bertz CT molecular complexity index is 1970. The predicted octanol–water partition coefficient (Wildman–Crippen LogP) is 4.60. The second-order valence-electron chi connectivity index (χ2n) is 9.39. The van der Waals surface area contributed by atoms with E-state index >= 15 is 0 Å². The number of hydrazine groups is 1. The molecule has 0 aliphatic heterocycles. The summed E-state index contributed by atoms with van der Waals surface area (Å²) in [6.07, 6.45) is 3.37. The minimum absolute atomic E-state index is 0.167. The Labute approximate surface area is 232 Å². The third-order valence-corrected chi connectivity index (χ3v) is 6.79. The van der Waals surface area contributed by atoms with Crippen LogP contribution in [0.5, 0.6) is 0 Å². The van der Waals surface area contributed by atoms with Gasteiger partial charge in [-0.2, -0.15) is 0 Å². The van der Waals surface area contributed by atoms with Crippen LogP contribution in [0.25, 0.3) is 44.4 Å². The molecule has 7 N–H and O–H groups in total. The number of aromatic amines is 1. The van der Waals surface area contributed by atoms with E-state index in [0.717, 1.165) is 32.9 Å². The summed E-state index contributed by atoms with van der Waals surface area (Å²) in [6, 6.07) is 24.4. The van der Waals surface area contributed by atoms with E-state index in [1.807, 2.05) is 36.4 Å². The molecule has 0 atom stereocenters. The molecule has 202 valence electrons. The van der Waals surface area contributed by atoms with Crippen molar-refractivity contribution in [1.29, 1.82) is 0 Å². The number of carboxylic acid groups (broad SMARTS) is 2. The summed E-state index contributed by atoms with van der Waals surface area (Å²) in [6.45, 7) is 0. The van der Waals surface area contributed by atoms with Crippen molar-refractivity contribution < 1.29 is 19.8 Å². The molecule has 6 aromatic rings. The summed E-state index contributed by atoms with van der Waals surface area (Å²) in [5.41, 5.74) is 12.6. The fourth-order valence-electron chi connectivity index (χ4n) is 4.59. The molecular weight excluding hydrogens is 522 g/mol. The Balaban J connectivity index is 1.30. The number of aromatic carboxylic acids is 2. The number of H-pyrrole nitrogens is 1. The highest BCUT2D eigenvalue weighted by molar-refractivity contribution is 6.09. The lowest BCUT2D eigenvalue weighted by atomic mass is 10.0. The highest BCUT2D eigenvalue weighted by atomic mass is 16.4. The highest BCUT2D eigenvalue weighted by Gasteiger charge is 2.12. The molecule has 0 fully saturated rings. The topological polar surface area (TPSA) is 176 Å². The van der Waals surface area contributed by atoms with Gasteiger partial charge >= 0.3 is 11.9 Å². The van der Waals surface area contributed by atoms with Crippen molar-refractivity contribution >= 4 is 45.1 Å². The standard InChI is InChI=1S/C30H23N7O4/c31-25(15-36(32)21-7-1-17(2-8-21)29(38)39)19-5-11-26-23(13-19)24-14-20(6-12-27(24)33-26)28-16-37(35-34-28)22-9-3-18(4-10-22)30(40)41/h1-16,33H,31-32H2,(H,38,39)(H,40,41)/b25-15-. The monoisotopic (exact) mass is 545 g/mol. The predicted molar refractivity (Wildman–Crippen MR) is 155 cm³/mol. The maximum Gasteiger partial charge on any atom is 0.335 e. The van der Waals surface area contributed by atoms with Crippen LogP contribution in [-0.4, -0.2) is 42.1 Å². The van der Waals surface area contributed by atoms with Crippen LogP contribution in [-0.2, 0) is 0 Å². The number of aromatic nitrogens is 4. The third kappa shape index (κ3) is 4.84. The zero-order valence-corrected chi connectivity index (χ0v) is 21.4. The first-order valence-corrected chi connectivity index (χ1v) is 12.4. The lowest BCUT2D eigenvalue weighted by Gasteiger charge is -2.15. The number of nitrogens with zero attached hydrogens (tertiary/aromatic N) is 4. The molecule has 0 aliphatic rings. The highest BCUT2D eigenvalue weighted by Crippen LogP contribution is 2.31. The number of nitrogens with two attached hydrogens (primary N) is 2. The van der Waals surface area contributed by atoms with Gasteiger partial charge in [0.25, 0.3) is 0 Å². The first-order chi connectivity index (χ1) is 19.8. The molecular formula is C30H23N7O4. The normalized spacial score (nSPS) is 11.7. The van der Waals surface area contributed by atoms with Crippen LogP contribution in [0.3, 0.4) is 0 Å². The lowest BCUT2D eigenvalue weighted by Crippen LogP contribution is -2.25. The molecule has 0 saturated heterocycles. The van der Waals surface area contributed by atoms with E-state index in [-0.39, 0.29) is 11.1 Å². The summed E-state index contributed by atoms with van der Waals surface area (Å²) < 4.78 is 1.60. The van der Waals surface area contributed by atoms with E-state index < -0.39 is 11.9 Å². The van der Waals surface area contributed by atoms with E-state index in [1.54, 1.807) is 41.3 Å². The smallest absolute Gasteiger partial charge is 0.335 e. The summed E-state index contributed by atoms with van der Waals surface area (Å²) in [7, 11) is 0. The number of hydrogen-bond acceptors (Lipinski definition) is 7. The van der Waals surface area contributed by atoms with Gasteiger partial charge < -0.3 is 20.9 Å². The van der Waals surface area contributed by atoms with Gasteiger partial charge in [-0.15, -0.1) is 5.10 Å². The Morgan fingerprint density at radius 2 is 1.39 bits per heavy atom. The van der Waals surface area contributed by atoms with Crippen LogP contribution < -0.4 is 16.6 Å². The van der Waals surface area contributed by atoms with Gasteiger partial charge in [-0.1, -0.05) is 17.3 Å². The number of carboxylic acids is 2. The van der Waals surface area contributed by atoms with E-state index in [2.05, 4.69) is 15.3 Å². The molecule has 0 amide bonds. The molecule has 2 aromatic heterocycles. The maximum absolute atomic E-state index is 11.1. The van der Waals surface area contributed by atoms with Crippen molar-refractivity contribution in [2.24, 2.45) is 11.6 Å². The number of anilines is 1. The Morgan fingerprint density at radius 3 is 2.05 bits per heavy atom. The minimum atomic E-state index is -1.01. The van der Waals surface area contributed by atoms with E-state index in [1.165, 1.54) is 29.3 Å². The van der Waals surface area contributed by atoms with E-state index in [0.29, 0.717) is 22.8 Å². The summed E-state index contributed by atoms with van der Waals surface area (Å²) in [4.78, 5) is 25.7. The van der Waals surface area contributed by atoms with Crippen LogP contribution in [0.1, 0.15) is 26.3 Å². The van der Waals surface area contributed by atoms with Crippen LogP contribution in [0.2, 0.25) is 0 Å². The lowest BCUT2D eigenvalue weighted by molar-refractivity contribution is 0.0686. The molecule has 0 saturated carbocycles. The average Bonchev–Trinajstić information content (AvgIpc) is 3.62. The van der Waals surface area contributed by atoms with Gasteiger partial charge in [0, 0.05) is 33.6 Å². The fourth-order valence-corrected chi connectivity index (χ4v) is 4.59. The zero-order chi connectivity index (χ0) is 28.7. The van der Waals surface area contributed by atoms with Crippen LogP contribution >= 0.6 is 0 Å². The Morgan fingerprint density at radius 1 is 0.805 bits per heavy atom. The summed E-state index contributed by atoms with van der Waals surface area (Å²) in [5.74, 6) is 4.17. The Kier molecular flexibility index (Phi) is 6.17. The molecule has 0 radical (unpaired) electrons. The molecule has 11 heteroatoms. The van der Waals surface area contributed by atoms with Crippen LogP contribution in [0.4, 0.5) is 5.69 Å². The Hall–Kier alpha value is -5.94. The number of rotatable bonds is 7. The summed E-state index contributed by atoms with van der Waals surface area (Å²) in [5, 5.41) is 30.0. The van der Waals surface area contributed by atoms with Crippen molar-refractivity contribution in [2.75, 3.05) is 5.01 Å². The first-order valence-electron chi connectivity index (χ1n) is 12.4. The van der Waals surface area contributed by atoms with Gasteiger partial charge in [0.05, 0.1) is 34.4 Å². The largest absolute Gasteiger partial charge is 0.478 e. The molecule has 2 heterocycles. The average molecular weight is 546 g/mol. The van der Waals surface area contributed by atoms with Crippen molar-refractivity contribution in [3.05, 3.63) is 114 Å². The molecule has 0 aliphatic carbocycles. The molecule has 6 rings (SSSR count). The van der Waals surface area contributed by atoms with Crippen molar-refractivity contribution in [3.8, 4) is 16.9 Å². The van der Waals surface area contributed by atoms with Crippen molar-refractivity contribution in [2.45, 2.75) is 0 Å². The van der Waals surface area contributed by atoms with Crippen molar-refractivity contribution in [1.82, 2.24) is 20.0 Å². The van der Waals surface area contributed by atoms with Gasteiger partial charge in [-0.25, -0.2) is 20.1 Å². The van der Waals surface area contributed by atoms with Gasteiger partial charge in [0.2, 0.25) is 0 Å². The summed E-state index contributed by atoms with van der Waals surface area (Å²) >= 11 is 0. The van der Waals surface area contributed by atoms with E-state index in [4.69, 9.17) is 21.8 Å². The van der Waals surface area contributed by atoms with Gasteiger partial charge in [-0.05, 0) is 78.4 Å². The SMILES string of the molecule is N/C(=C\N(N)c1ccc(C(=O)O)cc1)c1ccc2[nH]c3ccc(-c4cn(-c5ccc(C(=O)O)cc5)nn4)cc3c2c1. The van der Waals surface area contributed by atoms with Gasteiger partial charge in [0.15, 0.2) is 0 Å². The van der Waals surface area contributed by atoms with Crippen LogP contribution in [0, 0.1) is 0 Å². The minimum Gasteiger partial charge on any atom is -0.478 e.